The van der Waals surface area contributed by atoms with E-state index in [-0.39, 0.29) is 12.3 Å². The fraction of sp³-hybridized carbons (Fsp3) is 0.806. The molecule has 1 aromatic heterocycles. The van der Waals surface area contributed by atoms with Crippen molar-refractivity contribution in [3.63, 3.8) is 0 Å². The Labute approximate surface area is 291 Å². The van der Waals surface area contributed by atoms with E-state index in [2.05, 4.69) is 70.9 Å². The zero-order chi connectivity index (χ0) is 33.9. The number of anilines is 1. The minimum Gasteiger partial charge on any atom is -0.356 e. The van der Waals surface area contributed by atoms with Crippen LogP contribution in [0.5, 0.6) is 0 Å². The summed E-state index contributed by atoms with van der Waals surface area (Å²) in [6.45, 7) is 14.0. The van der Waals surface area contributed by atoms with E-state index in [4.69, 9.17) is 22.1 Å². The molecule has 15 heteroatoms. The van der Waals surface area contributed by atoms with E-state index in [1.54, 1.807) is 20.5 Å². The number of aldehydes is 1. The Hall–Kier alpha value is -1.44. The third kappa shape index (κ3) is 13.2. The Morgan fingerprint density at radius 1 is 1.28 bits per heavy atom. The molecule has 262 valence electrons. The maximum absolute atomic E-state index is 11.7. The van der Waals surface area contributed by atoms with Crippen LogP contribution in [-0.4, -0.2) is 103 Å². The van der Waals surface area contributed by atoms with E-state index in [0.717, 1.165) is 38.8 Å². The highest BCUT2D eigenvalue weighted by Crippen LogP contribution is 2.45. The van der Waals surface area contributed by atoms with Crippen molar-refractivity contribution in [1.29, 1.82) is 5.26 Å². The molecule has 1 aliphatic carbocycles. The number of nitriles is 1. The number of unbranched alkanes of at least 4 members (excludes halogenated alkanes) is 1. The molecule has 0 aromatic carbocycles. The van der Waals surface area contributed by atoms with E-state index in [9.17, 15) is 4.79 Å². The van der Waals surface area contributed by atoms with Crippen LogP contribution in [0.15, 0.2) is 11.3 Å². The standard InChI is InChI=1S/C21H35IN6O3.C10H21N2O2P/c1-3-4-10-24-21(23-2)26-20-18(13-29)25-15-28(20)19-12-27(11-17(31-19)14-30-22)16-8-6-5-7-9-16;1-9(2)12(10(3)4)15(13-5)14-8-6-7-11/h13,15-17,19H,3-12,14H2,1-2H3,(H2,23,24,26);9-10H,6,8H2,1-5H3. The molecule has 3 rings (SSSR count). The maximum Gasteiger partial charge on any atom is 0.258 e. The fourth-order valence-electron chi connectivity index (χ4n) is 5.75. The van der Waals surface area contributed by atoms with Gasteiger partial charge in [-0.3, -0.25) is 19.3 Å². The first kappa shape index (κ1) is 40.7. The van der Waals surface area contributed by atoms with E-state index in [1.807, 2.05) is 27.6 Å². The fourth-order valence-corrected chi connectivity index (χ4v) is 7.58. The third-order valence-electron chi connectivity index (χ3n) is 7.86. The monoisotopic (exact) mass is 778 g/mol. The molecule has 0 amide bonds. The highest BCUT2D eigenvalue weighted by atomic mass is 127. The molecule has 2 heterocycles. The molecule has 2 N–H and O–H groups in total. The van der Waals surface area contributed by atoms with Crippen LogP contribution in [0, 0.1) is 11.3 Å². The van der Waals surface area contributed by atoms with Gasteiger partial charge < -0.3 is 27.5 Å². The minimum absolute atomic E-state index is 0.0329. The van der Waals surface area contributed by atoms with Gasteiger partial charge in [0.2, 0.25) is 0 Å². The predicted molar refractivity (Wildman–Crippen MR) is 192 cm³/mol. The summed E-state index contributed by atoms with van der Waals surface area (Å²) in [5, 5.41) is 15.0. The number of hydrogen-bond acceptors (Lipinski definition) is 10. The normalized spacial score (nSPS) is 20.3. The molecule has 0 radical (unpaired) electrons. The highest BCUT2D eigenvalue weighted by molar-refractivity contribution is 14.1. The Morgan fingerprint density at radius 2 is 2.00 bits per heavy atom. The molecule has 1 saturated carbocycles. The number of rotatable bonds is 16. The summed E-state index contributed by atoms with van der Waals surface area (Å²) < 4.78 is 26.8. The molecule has 3 unspecified atom stereocenters. The van der Waals surface area contributed by atoms with Crippen LogP contribution in [0.4, 0.5) is 5.82 Å². The van der Waals surface area contributed by atoms with Crippen molar-refractivity contribution in [2.24, 2.45) is 4.99 Å². The molecule has 46 heavy (non-hydrogen) atoms. The van der Waals surface area contributed by atoms with E-state index in [1.165, 1.54) is 32.1 Å². The zero-order valence-corrected chi connectivity index (χ0v) is 31.8. The molecule has 13 nitrogen and oxygen atoms in total. The van der Waals surface area contributed by atoms with Crippen molar-refractivity contribution in [2.45, 2.75) is 116 Å². The predicted octanol–water partition coefficient (Wildman–Crippen LogP) is 6.29. The molecular weight excluding hydrogens is 722 g/mol. The average molecular weight is 779 g/mol. The third-order valence-corrected chi connectivity index (χ3v) is 10.2. The number of carbonyl (C=O) groups excluding carboxylic acids is 1. The van der Waals surface area contributed by atoms with Crippen molar-refractivity contribution >= 4 is 49.6 Å². The van der Waals surface area contributed by atoms with Gasteiger partial charge in [-0.15, -0.1) is 0 Å². The second-order valence-electron chi connectivity index (χ2n) is 11.9. The lowest BCUT2D eigenvalue weighted by Crippen LogP contribution is -2.51. The Morgan fingerprint density at radius 3 is 2.57 bits per heavy atom. The van der Waals surface area contributed by atoms with Gasteiger partial charge in [-0.2, -0.15) is 5.26 Å². The quantitative estimate of drug-likeness (QED) is 0.0489. The Kier molecular flexibility index (Phi) is 20.4. The Balaban J connectivity index is 0.000000415. The van der Waals surface area contributed by atoms with Gasteiger partial charge >= 0.3 is 0 Å². The molecule has 1 aliphatic heterocycles. The summed E-state index contributed by atoms with van der Waals surface area (Å²) in [4.78, 5) is 22.8. The summed E-state index contributed by atoms with van der Waals surface area (Å²) in [5.74, 6) is 1.22. The van der Waals surface area contributed by atoms with Crippen LogP contribution in [0.3, 0.4) is 0 Å². The van der Waals surface area contributed by atoms with Crippen LogP contribution < -0.4 is 10.6 Å². The number of carbonyl (C=O) groups is 1. The van der Waals surface area contributed by atoms with Gasteiger partial charge in [0.25, 0.3) is 8.53 Å². The molecule has 2 fully saturated rings. The van der Waals surface area contributed by atoms with Gasteiger partial charge in [0.15, 0.2) is 12.2 Å². The van der Waals surface area contributed by atoms with Crippen molar-refractivity contribution in [2.75, 3.05) is 52.3 Å². The lowest BCUT2D eigenvalue weighted by atomic mass is 9.93. The molecule has 1 saturated heterocycles. The summed E-state index contributed by atoms with van der Waals surface area (Å²) in [7, 11) is 2.34. The van der Waals surface area contributed by atoms with Crippen LogP contribution in [-0.2, 0) is 16.9 Å². The lowest BCUT2D eigenvalue weighted by molar-refractivity contribution is -0.138. The van der Waals surface area contributed by atoms with Crippen molar-refractivity contribution in [3.05, 3.63) is 12.0 Å². The number of halogens is 1. The lowest BCUT2D eigenvalue weighted by Gasteiger charge is -2.43. The number of hydrogen-bond donors (Lipinski definition) is 2. The number of aromatic nitrogens is 2. The van der Waals surface area contributed by atoms with Crippen LogP contribution in [0.1, 0.15) is 103 Å². The van der Waals surface area contributed by atoms with Gasteiger partial charge in [0.05, 0.1) is 38.1 Å². The first-order valence-corrected chi connectivity index (χ1v) is 18.5. The molecular formula is C31H56IN8O5P. The smallest absolute Gasteiger partial charge is 0.258 e. The van der Waals surface area contributed by atoms with Crippen molar-refractivity contribution in [3.8, 4) is 6.07 Å². The zero-order valence-electron chi connectivity index (χ0n) is 28.8. The van der Waals surface area contributed by atoms with Crippen LogP contribution in [0.25, 0.3) is 0 Å². The minimum atomic E-state index is -1.03. The number of imidazole rings is 1. The van der Waals surface area contributed by atoms with Gasteiger partial charge in [-0.25, -0.2) is 9.65 Å². The van der Waals surface area contributed by atoms with Crippen molar-refractivity contribution < 1.29 is 21.6 Å². The number of nitrogens with one attached hydrogen (secondary N) is 2. The second-order valence-corrected chi connectivity index (χ2v) is 14.1. The van der Waals surface area contributed by atoms with Gasteiger partial charge in [0.1, 0.15) is 40.7 Å². The number of nitrogens with zero attached hydrogens (tertiary/aromatic N) is 6. The largest absolute Gasteiger partial charge is 0.356 e. The summed E-state index contributed by atoms with van der Waals surface area (Å²) in [6.07, 6.45) is 11.1. The molecule has 0 bridgehead atoms. The molecule has 1 aromatic rings. The second kappa shape index (κ2) is 23.0. The van der Waals surface area contributed by atoms with Gasteiger partial charge in [-0.05, 0) is 47.0 Å². The summed E-state index contributed by atoms with van der Waals surface area (Å²) in [6, 6.07) is 3.38. The van der Waals surface area contributed by atoms with Crippen molar-refractivity contribution in [1.82, 2.24) is 24.4 Å². The highest BCUT2D eigenvalue weighted by Gasteiger charge is 2.35. The summed E-state index contributed by atoms with van der Waals surface area (Å²) >= 11 is 1.93. The Bertz CT molecular complexity index is 1060. The van der Waals surface area contributed by atoms with E-state index in [0.29, 0.717) is 55.2 Å². The first-order valence-electron chi connectivity index (χ1n) is 16.5. The first-order chi connectivity index (χ1) is 22.2. The molecule has 0 spiro atoms. The van der Waals surface area contributed by atoms with E-state index >= 15 is 0 Å². The number of guanidine groups is 1. The molecule has 3 atom stereocenters. The topological polar surface area (TPSA) is 139 Å². The SMILES string of the molecule is CCCCNC(=NC)Nc1c(C=O)ncn1C1CN(C2CCCCC2)CC(COI)O1.COP(OCCC#N)N(C(C)C)C(C)C. The van der Waals surface area contributed by atoms with Crippen LogP contribution in [0.2, 0.25) is 0 Å². The van der Waals surface area contributed by atoms with Gasteiger partial charge in [0, 0.05) is 51.9 Å². The maximum atomic E-state index is 11.7. The van der Waals surface area contributed by atoms with Crippen LogP contribution >= 0.6 is 31.5 Å². The number of aliphatic imine (C=N–C) groups is 1. The number of morpholine rings is 1. The van der Waals surface area contributed by atoms with Gasteiger partial charge in [-0.1, -0.05) is 32.6 Å². The molecule has 2 aliphatic rings. The average Bonchev–Trinajstić information content (AvgIpc) is 3.46. The summed E-state index contributed by atoms with van der Waals surface area (Å²) in [5.41, 5.74) is 0.346. The number of ether oxygens (including phenoxy) is 1. The van der Waals surface area contributed by atoms with E-state index < -0.39 is 8.53 Å².